The van der Waals surface area contributed by atoms with Crippen LogP contribution >= 0.6 is 11.8 Å². The summed E-state index contributed by atoms with van der Waals surface area (Å²) in [6.07, 6.45) is 10.5. The van der Waals surface area contributed by atoms with Crippen molar-refractivity contribution in [2.45, 2.75) is 25.8 Å². The number of anilines is 1. The van der Waals surface area contributed by atoms with Gasteiger partial charge in [0.25, 0.3) is 0 Å². The van der Waals surface area contributed by atoms with E-state index in [4.69, 9.17) is 0 Å². The molecular weight excluding hydrogens is 344 g/mol. The minimum absolute atomic E-state index is 0.372. The van der Waals surface area contributed by atoms with E-state index in [1.165, 1.54) is 28.0 Å². The van der Waals surface area contributed by atoms with Gasteiger partial charge in [-0.25, -0.2) is 9.97 Å². The van der Waals surface area contributed by atoms with E-state index in [1.54, 1.807) is 0 Å². The summed E-state index contributed by atoms with van der Waals surface area (Å²) in [7, 11) is 0. The first-order chi connectivity index (χ1) is 12.8. The Morgan fingerprint density at radius 1 is 1.31 bits per heavy atom. The van der Waals surface area contributed by atoms with Crippen LogP contribution in [0.15, 0.2) is 30.9 Å². The standard InChI is InChI=1S/C19H22N6S/c1-12-9-22-19-17(12)15(4-6-21-19)25-7-8-26-16(11-25)14-10-23-18(24-14)13-3-2-5-20-13/h4,6,9-11,13,20H,2-3,5,7-8H2,1H3,(H,21,22)(H,23,24)/t13-/m1/s1. The van der Waals surface area contributed by atoms with Crippen LogP contribution in [-0.2, 0) is 0 Å². The largest absolute Gasteiger partial charge is 0.346 e. The predicted octanol–water partition coefficient (Wildman–Crippen LogP) is 3.57. The molecule has 0 spiro atoms. The fourth-order valence-electron chi connectivity index (χ4n) is 3.83. The van der Waals surface area contributed by atoms with Gasteiger partial charge in [-0.1, -0.05) is 0 Å². The van der Waals surface area contributed by atoms with Crippen molar-refractivity contribution in [2.75, 3.05) is 23.7 Å². The zero-order valence-electron chi connectivity index (χ0n) is 14.7. The van der Waals surface area contributed by atoms with E-state index < -0.39 is 0 Å². The molecule has 6 nitrogen and oxygen atoms in total. The van der Waals surface area contributed by atoms with Crippen LogP contribution in [0.1, 0.15) is 36.0 Å². The van der Waals surface area contributed by atoms with Crippen LogP contribution in [-0.4, -0.2) is 38.8 Å². The number of H-pyrrole nitrogens is 2. The number of aryl methyl sites for hydroxylation is 1. The van der Waals surface area contributed by atoms with Gasteiger partial charge in [-0.3, -0.25) is 0 Å². The van der Waals surface area contributed by atoms with Crippen molar-refractivity contribution >= 4 is 33.4 Å². The maximum atomic E-state index is 4.62. The molecule has 26 heavy (non-hydrogen) atoms. The first-order valence-corrected chi connectivity index (χ1v) is 10.1. The van der Waals surface area contributed by atoms with Crippen molar-refractivity contribution in [3.63, 3.8) is 0 Å². The van der Waals surface area contributed by atoms with Crippen molar-refractivity contribution in [3.05, 3.63) is 47.9 Å². The Bertz CT molecular complexity index is 965. The molecule has 0 aliphatic carbocycles. The van der Waals surface area contributed by atoms with Crippen molar-refractivity contribution in [1.29, 1.82) is 0 Å². The van der Waals surface area contributed by atoms with Crippen molar-refractivity contribution < 1.29 is 0 Å². The molecule has 0 radical (unpaired) electrons. The summed E-state index contributed by atoms with van der Waals surface area (Å²) in [5, 5.41) is 4.71. The lowest BCUT2D eigenvalue weighted by atomic mass is 10.2. The Labute approximate surface area is 156 Å². The van der Waals surface area contributed by atoms with Crippen LogP contribution in [0.25, 0.3) is 15.9 Å². The first kappa shape index (κ1) is 16.0. The minimum Gasteiger partial charge on any atom is -0.346 e. The van der Waals surface area contributed by atoms with Gasteiger partial charge in [-0.15, -0.1) is 11.8 Å². The highest BCUT2D eigenvalue weighted by atomic mass is 32.2. The fraction of sp³-hybridized carbons (Fsp3) is 0.368. The van der Waals surface area contributed by atoms with Crippen LogP contribution < -0.4 is 10.2 Å². The molecule has 2 aliphatic heterocycles. The molecule has 134 valence electrons. The number of aromatic amines is 2. The van der Waals surface area contributed by atoms with E-state index in [0.29, 0.717) is 6.04 Å². The summed E-state index contributed by atoms with van der Waals surface area (Å²) in [6.45, 7) is 4.20. The molecule has 0 bridgehead atoms. The Balaban J connectivity index is 1.49. The van der Waals surface area contributed by atoms with Crippen molar-refractivity contribution in [2.24, 2.45) is 0 Å². The SMILES string of the molecule is Cc1c[nH]c2nccc(N3C=C(c4cnc([C@H]5CCCN5)[nH]4)SCC3)c12. The number of hydrogen-bond acceptors (Lipinski definition) is 5. The number of imidazole rings is 1. The molecule has 3 aromatic rings. The van der Waals surface area contributed by atoms with Gasteiger partial charge >= 0.3 is 0 Å². The Morgan fingerprint density at radius 2 is 2.27 bits per heavy atom. The number of pyridine rings is 1. The summed E-state index contributed by atoms with van der Waals surface area (Å²) in [5.41, 5.74) is 4.50. The second-order valence-electron chi connectivity index (χ2n) is 6.89. The summed E-state index contributed by atoms with van der Waals surface area (Å²) in [6, 6.07) is 2.48. The minimum atomic E-state index is 0.372. The van der Waals surface area contributed by atoms with Crippen LogP contribution in [0.4, 0.5) is 5.69 Å². The average Bonchev–Trinajstić information content (AvgIpc) is 3.42. The van der Waals surface area contributed by atoms with Gasteiger partial charge < -0.3 is 20.2 Å². The summed E-state index contributed by atoms with van der Waals surface area (Å²) in [4.78, 5) is 19.4. The topological polar surface area (TPSA) is 72.6 Å². The van der Waals surface area contributed by atoms with Crippen LogP contribution in [0, 0.1) is 6.92 Å². The van der Waals surface area contributed by atoms with Crippen LogP contribution in [0.5, 0.6) is 0 Å². The average molecular weight is 366 g/mol. The third kappa shape index (κ3) is 2.71. The highest BCUT2D eigenvalue weighted by molar-refractivity contribution is 8.08. The van der Waals surface area contributed by atoms with E-state index in [-0.39, 0.29) is 0 Å². The van der Waals surface area contributed by atoms with E-state index in [1.807, 2.05) is 30.4 Å². The monoisotopic (exact) mass is 366 g/mol. The van der Waals surface area contributed by atoms with Gasteiger partial charge in [0, 0.05) is 41.2 Å². The van der Waals surface area contributed by atoms with Crippen LogP contribution in [0.3, 0.4) is 0 Å². The molecule has 3 aromatic heterocycles. The van der Waals surface area contributed by atoms with E-state index in [9.17, 15) is 0 Å². The van der Waals surface area contributed by atoms with Gasteiger partial charge in [0.15, 0.2) is 0 Å². The summed E-state index contributed by atoms with van der Waals surface area (Å²) in [5.74, 6) is 2.11. The third-order valence-electron chi connectivity index (χ3n) is 5.17. The molecule has 0 unspecified atom stereocenters. The molecule has 3 N–H and O–H groups in total. The van der Waals surface area contributed by atoms with Gasteiger partial charge in [0.05, 0.1) is 23.6 Å². The molecule has 2 aliphatic rings. The summed E-state index contributed by atoms with van der Waals surface area (Å²) >= 11 is 1.89. The number of thioether (sulfide) groups is 1. The Hall–Kier alpha value is -2.25. The zero-order valence-corrected chi connectivity index (χ0v) is 15.6. The fourth-order valence-corrected chi connectivity index (χ4v) is 4.80. The van der Waals surface area contributed by atoms with Crippen molar-refractivity contribution in [1.82, 2.24) is 25.3 Å². The molecule has 0 amide bonds. The second kappa shape index (κ2) is 6.48. The quantitative estimate of drug-likeness (QED) is 0.661. The molecule has 5 rings (SSSR count). The lowest BCUT2D eigenvalue weighted by molar-refractivity contribution is 0.612. The smallest absolute Gasteiger partial charge is 0.139 e. The van der Waals surface area contributed by atoms with E-state index >= 15 is 0 Å². The van der Waals surface area contributed by atoms with Gasteiger partial charge in [-0.2, -0.15) is 0 Å². The lowest BCUT2D eigenvalue weighted by Gasteiger charge is -2.27. The third-order valence-corrected chi connectivity index (χ3v) is 6.20. The number of nitrogens with zero attached hydrogens (tertiary/aromatic N) is 3. The molecule has 1 atom stereocenters. The predicted molar refractivity (Wildman–Crippen MR) is 107 cm³/mol. The molecule has 0 saturated carbocycles. The Kier molecular flexibility index (Phi) is 3.98. The molecule has 5 heterocycles. The number of fused-ring (bicyclic) bond motifs is 1. The molecule has 1 saturated heterocycles. The number of nitrogens with one attached hydrogen (secondary N) is 3. The normalized spacial score (nSPS) is 20.7. The van der Waals surface area contributed by atoms with Gasteiger partial charge in [-0.05, 0) is 37.9 Å². The number of rotatable bonds is 3. The molecule has 1 fully saturated rings. The van der Waals surface area contributed by atoms with Gasteiger partial charge in [0.1, 0.15) is 11.5 Å². The van der Waals surface area contributed by atoms with Crippen LogP contribution in [0.2, 0.25) is 0 Å². The molecule has 0 aromatic carbocycles. The maximum absolute atomic E-state index is 4.62. The summed E-state index contributed by atoms with van der Waals surface area (Å²) < 4.78 is 0. The lowest BCUT2D eigenvalue weighted by Crippen LogP contribution is -2.23. The second-order valence-corrected chi connectivity index (χ2v) is 8.03. The van der Waals surface area contributed by atoms with Crippen molar-refractivity contribution in [3.8, 4) is 0 Å². The van der Waals surface area contributed by atoms with E-state index in [2.05, 4.69) is 49.3 Å². The number of hydrogen-bond donors (Lipinski definition) is 3. The Morgan fingerprint density at radius 3 is 3.15 bits per heavy atom. The molecular formula is C19H22N6S. The zero-order chi connectivity index (χ0) is 17.5. The first-order valence-electron chi connectivity index (χ1n) is 9.12. The van der Waals surface area contributed by atoms with E-state index in [0.717, 1.165) is 42.4 Å². The van der Waals surface area contributed by atoms with Gasteiger partial charge in [0.2, 0.25) is 0 Å². The highest BCUT2D eigenvalue weighted by Crippen LogP contribution is 2.36. The maximum Gasteiger partial charge on any atom is 0.139 e. The molecule has 7 heteroatoms. The number of aromatic nitrogens is 4. The highest BCUT2D eigenvalue weighted by Gasteiger charge is 2.22.